The lowest BCUT2D eigenvalue weighted by molar-refractivity contribution is -0.0499. The molecule has 122 valence electrons. The van der Waals surface area contributed by atoms with Gasteiger partial charge in [-0.1, -0.05) is 23.6 Å². The average Bonchev–Trinajstić information content (AvgIpc) is 3.05. The van der Waals surface area contributed by atoms with Gasteiger partial charge in [0.05, 0.1) is 23.7 Å². The second-order valence-corrected chi connectivity index (χ2v) is 5.61. The molecule has 1 aromatic heterocycles. The number of nitrogens with one attached hydrogen (secondary N) is 1. The van der Waals surface area contributed by atoms with Gasteiger partial charge in [-0.2, -0.15) is 0 Å². The van der Waals surface area contributed by atoms with Crippen LogP contribution in [0, 0.1) is 12.3 Å². The molecule has 1 aliphatic heterocycles. The molecule has 4 atom stereocenters. The third kappa shape index (κ3) is 2.65. The fourth-order valence-corrected chi connectivity index (χ4v) is 2.90. The number of rotatable bonds is 4. The number of hydrogen-bond acceptors (Lipinski definition) is 6. The first kappa shape index (κ1) is 16.1. The van der Waals surface area contributed by atoms with Crippen molar-refractivity contribution in [2.75, 3.05) is 18.5 Å². The second kappa shape index (κ2) is 6.35. The van der Waals surface area contributed by atoms with Crippen LogP contribution in [0.5, 0.6) is 0 Å². The number of para-hydroxylation sites is 1. The van der Waals surface area contributed by atoms with E-state index < -0.39 is 31.1 Å². The van der Waals surface area contributed by atoms with Gasteiger partial charge >= 0.3 is 0 Å². The maximum atomic E-state index is 10.3. The SMILES string of the molecule is C#CCNc1nc2c(Cl)cccc2n1[C@H]1O[C@@H](CO)[C@H](O)[C@@H]1O. The Hall–Kier alpha value is -1.82. The van der Waals surface area contributed by atoms with Crippen molar-refractivity contribution in [3.63, 3.8) is 0 Å². The van der Waals surface area contributed by atoms with E-state index >= 15 is 0 Å². The minimum atomic E-state index is -1.23. The molecule has 1 aromatic carbocycles. The molecule has 2 aromatic rings. The zero-order chi connectivity index (χ0) is 16.6. The molecule has 0 radical (unpaired) electrons. The highest BCUT2D eigenvalue weighted by Crippen LogP contribution is 2.36. The van der Waals surface area contributed by atoms with Crippen molar-refractivity contribution in [2.24, 2.45) is 0 Å². The largest absolute Gasteiger partial charge is 0.394 e. The van der Waals surface area contributed by atoms with Crippen LogP contribution in [0.1, 0.15) is 6.23 Å². The van der Waals surface area contributed by atoms with E-state index in [9.17, 15) is 15.3 Å². The highest BCUT2D eigenvalue weighted by atomic mass is 35.5. The fraction of sp³-hybridized carbons (Fsp3) is 0.400. The van der Waals surface area contributed by atoms with Crippen LogP contribution in [0.4, 0.5) is 5.95 Å². The van der Waals surface area contributed by atoms with E-state index in [2.05, 4.69) is 16.2 Å². The molecule has 0 unspecified atom stereocenters. The number of aliphatic hydroxyl groups excluding tert-OH is 3. The Morgan fingerprint density at radius 3 is 2.83 bits per heavy atom. The number of aliphatic hydroxyl groups is 3. The Bertz CT molecular complexity index is 757. The van der Waals surface area contributed by atoms with E-state index in [0.29, 0.717) is 22.0 Å². The third-order valence-electron chi connectivity index (χ3n) is 3.79. The van der Waals surface area contributed by atoms with Crippen molar-refractivity contribution in [1.82, 2.24) is 9.55 Å². The normalized spacial score (nSPS) is 27.3. The summed E-state index contributed by atoms with van der Waals surface area (Å²) in [6, 6.07) is 5.21. The number of nitrogens with zero attached hydrogens (tertiary/aromatic N) is 2. The number of fused-ring (bicyclic) bond motifs is 1. The van der Waals surface area contributed by atoms with Gasteiger partial charge in [0.2, 0.25) is 5.95 Å². The molecule has 3 rings (SSSR count). The standard InChI is InChI=1S/C15H16ClN3O4/c1-2-6-17-15-18-11-8(16)4-3-5-9(11)19(15)14-13(22)12(21)10(7-20)23-14/h1,3-5,10,12-14,20-22H,6-7H2,(H,17,18)/t10-,12-,13-,14-/m0/s1. The molecule has 7 nitrogen and oxygen atoms in total. The van der Waals surface area contributed by atoms with Crippen LogP contribution < -0.4 is 5.32 Å². The lowest BCUT2D eigenvalue weighted by Gasteiger charge is -2.20. The predicted octanol–water partition coefficient (Wildman–Crippen LogP) is 0.346. The van der Waals surface area contributed by atoms with E-state index in [0.717, 1.165) is 0 Å². The van der Waals surface area contributed by atoms with E-state index in [1.54, 1.807) is 22.8 Å². The lowest BCUT2D eigenvalue weighted by atomic mass is 10.1. The summed E-state index contributed by atoms with van der Waals surface area (Å²) in [7, 11) is 0. The molecule has 0 spiro atoms. The number of aromatic nitrogens is 2. The first-order chi connectivity index (χ1) is 11.1. The quantitative estimate of drug-likeness (QED) is 0.601. The van der Waals surface area contributed by atoms with Crippen LogP contribution in [0.3, 0.4) is 0 Å². The first-order valence-corrected chi connectivity index (χ1v) is 7.42. The van der Waals surface area contributed by atoms with Gasteiger partial charge in [-0.25, -0.2) is 4.98 Å². The summed E-state index contributed by atoms with van der Waals surface area (Å²) in [5.74, 6) is 2.80. The maximum absolute atomic E-state index is 10.3. The number of ether oxygens (including phenoxy) is 1. The summed E-state index contributed by atoms with van der Waals surface area (Å²) in [5, 5.41) is 32.9. The van der Waals surface area contributed by atoms with Gasteiger partial charge < -0.3 is 25.4 Å². The predicted molar refractivity (Wildman–Crippen MR) is 85.1 cm³/mol. The van der Waals surface area contributed by atoms with E-state index in [1.165, 1.54) is 0 Å². The van der Waals surface area contributed by atoms with E-state index in [-0.39, 0.29) is 6.54 Å². The van der Waals surface area contributed by atoms with E-state index in [4.69, 9.17) is 22.8 Å². The molecule has 1 aliphatic rings. The van der Waals surface area contributed by atoms with Crippen LogP contribution in [0.25, 0.3) is 11.0 Å². The molecule has 1 fully saturated rings. The number of anilines is 1. The molecule has 23 heavy (non-hydrogen) atoms. The molecule has 1 saturated heterocycles. The topological polar surface area (TPSA) is 99.8 Å². The summed E-state index contributed by atoms with van der Waals surface area (Å²) in [5.41, 5.74) is 1.14. The Morgan fingerprint density at radius 2 is 2.17 bits per heavy atom. The number of terminal acetylenes is 1. The molecule has 8 heteroatoms. The molecular formula is C15H16ClN3O4. The monoisotopic (exact) mass is 337 g/mol. The molecule has 0 bridgehead atoms. The van der Waals surface area contributed by atoms with E-state index in [1.807, 2.05) is 0 Å². The molecule has 0 saturated carbocycles. The second-order valence-electron chi connectivity index (χ2n) is 5.20. The Kier molecular flexibility index (Phi) is 4.43. The summed E-state index contributed by atoms with van der Waals surface area (Å²) in [4.78, 5) is 4.39. The molecule has 0 amide bonds. The Balaban J connectivity index is 2.11. The van der Waals surface area contributed by atoms with Crippen molar-refractivity contribution in [2.45, 2.75) is 24.5 Å². The maximum Gasteiger partial charge on any atom is 0.206 e. The smallest absolute Gasteiger partial charge is 0.206 e. The van der Waals surface area contributed by atoms with Gasteiger partial charge in [-0.05, 0) is 12.1 Å². The first-order valence-electron chi connectivity index (χ1n) is 7.04. The summed E-state index contributed by atoms with van der Waals surface area (Å²) >= 11 is 6.17. The highest BCUT2D eigenvalue weighted by Gasteiger charge is 2.44. The summed E-state index contributed by atoms with van der Waals surface area (Å²) < 4.78 is 7.17. The van der Waals surface area contributed by atoms with Crippen molar-refractivity contribution in [3.05, 3.63) is 23.2 Å². The summed E-state index contributed by atoms with van der Waals surface area (Å²) in [6.45, 7) is -0.190. The van der Waals surface area contributed by atoms with Crippen LogP contribution in [-0.2, 0) is 4.74 Å². The summed E-state index contributed by atoms with van der Waals surface area (Å²) in [6.07, 6.45) is 1.03. The van der Waals surface area contributed by atoms with Crippen LogP contribution in [0.15, 0.2) is 18.2 Å². The van der Waals surface area contributed by atoms with Crippen molar-refractivity contribution < 1.29 is 20.1 Å². The molecular weight excluding hydrogens is 322 g/mol. The van der Waals surface area contributed by atoms with Crippen LogP contribution in [0.2, 0.25) is 5.02 Å². The van der Waals surface area contributed by atoms with Crippen LogP contribution in [-0.4, -0.2) is 56.3 Å². The van der Waals surface area contributed by atoms with Crippen molar-refractivity contribution in [1.29, 1.82) is 0 Å². The number of halogens is 1. The lowest BCUT2D eigenvalue weighted by Crippen LogP contribution is -2.33. The average molecular weight is 338 g/mol. The van der Waals surface area contributed by atoms with Gasteiger partial charge in [0.15, 0.2) is 6.23 Å². The van der Waals surface area contributed by atoms with Crippen molar-refractivity contribution in [3.8, 4) is 12.3 Å². The van der Waals surface area contributed by atoms with Crippen LogP contribution >= 0.6 is 11.6 Å². The van der Waals surface area contributed by atoms with Gasteiger partial charge in [0.25, 0.3) is 0 Å². The Labute approximate surface area is 137 Å². The zero-order valence-corrected chi connectivity index (χ0v) is 12.8. The number of hydrogen-bond donors (Lipinski definition) is 4. The zero-order valence-electron chi connectivity index (χ0n) is 12.1. The molecule has 4 N–H and O–H groups in total. The van der Waals surface area contributed by atoms with Gasteiger partial charge in [-0.3, -0.25) is 4.57 Å². The molecule has 2 heterocycles. The number of benzene rings is 1. The fourth-order valence-electron chi connectivity index (χ4n) is 2.69. The Morgan fingerprint density at radius 1 is 1.39 bits per heavy atom. The van der Waals surface area contributed by atoms with Gasteiger partial charge in [-0.15, -0.1) is 6.42 Å². The minimum absolute atomic E-state index is 0.218. The number of imidazole rings is 1. The minimum Gasteiger partial charge on any atom is -0.394 e. The third-order valence-corrected chi connectivity index (χ3v) is 4.10. The van der Waals surface area contributed by atoms with Crippen molar-refractivity contribution >= 4 is 28.6 Å². The molecule has 0 aliphatic carbocycles. The van der Waals surface area contributed by atoms with Gasteiger partial charge in [0, 0.05) is 0 Å². The highest BCUT2D eigenvalue weighted by molar-refractivity contribution is 6.35. The van der Waals surface area contributed by atoms with Gasteiger partial charge in [0.1, 0.15) is 23.8 Å².